The lowest BCUT2D eigenvalue weighted by Gasteiger charge is -2.29. The molecule has 0 spiro atoms. The Bertz CT molecular complexity index is 1100. The molecule has 30 heavy (non-hydrogen) atoms. The number of nitrogens with zero attached hydrogens (tertiary/aromatic N) is 2. The third-order valence-corrected chi connectivity index (χ3v) is 5.86. The fourth-order valence-electron chi connectivity index (χ4n) is 3.21. The summed E-state index contributed by atoms with van der Waals surface area (Å²) in [5, 5.41) is 3.42. The van der Waals surface area contributed by atoms with Gasteiger partial charge in [-0.2, -0.15) is 0 Å². The van der Waals surface area contributed by atoms with Crippen molar-refractivity contribution >= 4 is 40.5 Å². The molecule has 1 amide bonds. The van der Waals surface area contributed by atoms with Crippen molar-refractivity contribution in [1.82, 2.24) is 4.98 Å². The number of esters is 1. The molecule has 0 unspecified atom stereocenters. The number of amides is 1. The summed E-state index contributed by atoms with van der Waals surface area (Å²) in [4.78, 5) is 30.5. The Morgan fingerprint density at radius 1 is 1.30 bits per heavy atom. The van der Waals surface area contributed by atoms with Crippen molar-refractivity contribution in [2.45, 2.75) is 13.3 Å². The number of hydrogen-bond acceptors (Lipinski definition) is 6. The average molecular weight is 443 g/mol. The van der Waals surface area contributed by atoms with E-state index in [2.05, 4.69) is 0 Å². The van der Waals surface area contributed by atoms with Gasteiger partial charge in [0.25, 0.3) is 5.91 Å². The fraction of sp³-hybridized carbons (Fsp3) is 0.227. The minimum absolute atomic E-state index is 0.0530. The Morgan fingerprint density at radius 3 is 2.93 bits per heavy atom. The molecule has 1 aromatic heterocycles. The van der Waals surface area contributed by atoms with Crippen LogP contribution in [-0.2, 0) is 14.3 Å². The van der Waals surface area contributed by atoms with Crippen LogP contribution in [0.4, 0.5) is 5.69 Å². The van der Waals surface area contributed by atoms with E-state index in [9.17, 15) is 9.59 Å². The summed E-state index contributed by atoms with van der Waals surface area (Å²) in [5.74, 6) is 0.0705. The summed E-state index contributed by atoms with van der Waals surface area (Å²) in [6.45, 7) is 2.25. The van der Waals surface area contributed by atoms with Crippen LogP contribution in [0.1, 0.15) is 13.3 Å². The zero-order chi connectivity index (χ0) is 21.1. The highest BCUT2D eigenvalue weighted by molar-refractivity contribution is 7.13. The first-order chi connectivity index (χ1) is 14.6. The second-order valence-corrected chi connectivity index (χ2v) is 7.85. The Morgan fingerprint density at radius 2 is 2.13 bits per heavy atom. The second-order valence-electron chi connectivity index (χ2n) is 6.59. The molecule has 1 aliphatic rings. The molecule has 0 N–H and O–H groups in total. The third-order valence-electron chi connectivity index (χ3n) is 4.65. The Balaban J connectivity index is 1.62. The van der Waals surface area contributed by atoms with Gasteiger partial charge in [-0.3, -0.25) is 9.59 Å². The van der Waals surface area contributed by atoms with Crippen LogP contribution < -0.4 is 9.64 Å². The van der Waals surface area contributed by atoms with Crippen molar-refractivity contribution in [3.63, 3.8) is 0 Å². The number of anilines is 1. The largest absolute Gasteiger partial charge is 0.482 e. The molecule has 3 aromatic rings. The number of fused-ring (bicyclic) bond motifs is 1. The SMILES string of the molecule is CCOC(=O)CCN1C(=O)COc2ccc(-c3csc(-c4ccccc4Cl)n3)cc21. The molecule has 0 radical (unpaired) electrons. The van der Waals surface area contributed by atoms with E-state index in [1.807, 2.05) is 47.8 Å². The minimum atomic E-state index is -0.335. The smallest absolute Gasteiger partial charge is 0.307 e. The maximum Gasteiger partial charge on any atom is 0.307 e. The van der Waals surface area contributed by atoms with Gasteiger partial charge in [-0.25, -0.2) is 4.98 Å². The Hall–Kier alpha value is -2.90. The van der Waals surface area contributed by atoms with Gasteiger partial charge in [0, 0.05) is 23.1 Å². The fourth-order valence-corrected chi connectivity index (χ4v) is 4.36. The van der Waals surface area contributed by atoms with E-state index in [4.69, 9.17) is 26.1 Å². The number of ether oxygens (including phenoxy) is 2. The summed E-state index contributed by atoms with van der Waals surface area (Å²) >= 11 is 7.80. The van der Waals surface area contributed by atoms with Crippen LogP contribution in [0.2, 0.25) is 5.02 Å². The number of halogens is 1. The van der Waals surface area contributed by atoms with Gasteiger partial charge >= 0.3 is 5.97 Å². The molecule has 0 bridgehead atoms. The highest BCUT2D eigenvalue weighted by atomic mass is 35.5. The molecule has 0 saturated heterocycles. The molecule has 0 atom stereocenters. The maximum atomic E-state index is 12.4. The van der Waals surface area contributed by atoms with Gasteiger partial charge < -0.3 is 14.4 Å². The van der Waals surface area contributed by atoms with Crippen LogP contribution in [0.3, 0.4) is 0 Å². The lowest BCUT2D eigenvalue weighted by atomic mass is 10.1. The molecule has 6 nitrogen and oxygen atoms in total. The zero-order valence-electron chi connectivity index (χ0n) is 16.3. The van der Waals surface area contributed by atoms with Gasteiger partial charge in [0.05, 0.1) is 29.4 Å². The van der Waals surface area contributed by atoms with E-state index in [0.29, 0.717) is 23.1 Å². The quantitative estimate of drug-likeness (QED) is 0.512. The van der Waals surface area contributed by atoms with Crippen molar-refractivity contribution in [3.05, 3.63) is 52.9 Å². The van der Waals surface area contributed by atoms with Gasteiger partial charge in [0.1, 0.15) is 10.8 Å². The average Bonchev–Trinajstić information content (AvgIpc) is 3.23. The van der Waals surface area contributed by atoms with E-state index >= 15 is 0 Å². The van der Waals surface area contributed by atoms with Crippen molar-refractivity contribution in [3.8, 4) is 27.6 Å². The lowest BCUT2D eigenvalue weighted by Crippen LogP contribution is -2.40. The molecule has 0 saturated carbocycles. The predicted octanol–water partition coefficient (Wildman–Crippen LogP) is 4.81. The Labute approximate surface area is 183 Å². The van der Waals surface area contributed by atoms with E-state index in [1.165, 1.54) is 11.3 Å². The van der Waals surface area contributed by atoms with Gasteiger partial charge in [-0.05, 0) is 31.2 Å². The molecule has 0 aliphatic carbocycles. The van der Waals surface area contributed by atoms with Crippen molar-refractivity contribution in [2.24, 2.45) is 0 Å². The topological polar surface area (TPSA) is 68.7 Å². The van der Waals surface area contributed by atoms with E-state index in [1.54, 1.807) is 11.8 Å². The molecular formula is C22H19ClN2O4S. The predicted molar refractivity (Wildman–Crippen MR) is 117 cm³/mol. The summed E-state index contributed by atoms with van der Waals surface area (Å²) in [6.07, 6.45) is 0.122. The molecule has 4 rings (SSSR count). The van der Waals surface area contributed by atoms with Crippen LogP contribution in [-0.4, -0.2) is 36.6 Å². The van der Waals surface area contributed by atoms with Crippen LogP contribution in [0, 0.1) is 0 Å². The molecule has 154 valence electrons. The third kappa shape index (κ3) is 4.17. The highest BCUT2D eigenvalue weighted by Gasteiger charge is 2.27. The van der Waals surface area contributed by atoms with Gasteiger partial charge in [-0.1, -0.05) is 29.8 Å². The lowest BCUT2D eigenvalue weighted by molar-refractivity contribution is -0.142. The number of hydrogen-bond donors (Lipinski definition) is 0. The van der Waals surface area contributed by atoms with E-state index in [0.717, 1.165) is 21.8 Å². The van der Waals surface area contributed by atoms with Gasteiger partial charge in [0.15, 0.2) is 6.61 Å². The number of aromatic nitrogens is 1. The molecule has 2 aromatic carbocycles. The highest BCUT2D eigenvalue weighted by Crippen LogP contribution is 2.38. The second kappa shape index (κ2) is 8.85. The van der Waals surface area contributed by atoms with Crippen LogP contribution in [0.25, 0.3) is 21.8 Å². The monoisotopic (exact) mass is 442 g/mol. The van der Waals surface area contributed by atoms with Crippen LogP contribution in [0.15, 0.2) is 47.8 Å². The van der Waals surface area contributed by atoms with E-state index in [-0.39, 0.29) is 31.4 Å². The first-order valence-corrected chi connectivity index (χ1v) is 10.8. The number of carbonyl (C=O) groups excluding carboxylic acids is 2. The number of rotatable bonds is 6. The van der Waals surface area contributed by atoms with Gasteiger partial charge in [-0.15, -0.1) is 11.3 Å². The van der Waals surface area contributed by atoms with E-state index < -0.39 is 0 Å². The standard InChI is InChI=1S/C22H19ClN2O4S/c1-2-28-21(27)9-10-25-18-11-14(7-8-19(18)29-12-20(25)26)17-13-30-22(24-17)15-5-3-4-6-16(15)23/h3-8,11,13H,2,9-10,12H2,1H3. The first-order valence-electron chi connectivity index (χ1n) is 9.50. The van der Waals surface area contributed by atoms with Crippen molar-refractivity contribution in [1.29, 1.82) is 0 Å². The van der Waals surface area contributed by atoms with Crippen molar-refractivity contribution < 1.29 is 19.1 Å². The van der Waals surface area contributed by atoms with Crippen LogP contribution >= 0.6 is 22.9 Å². The summed E-state index contributed by atoms with van der Waals surface area (Å²) in [7, 11) is 0. The van der Waals surface area contributed by atoms with Crippen molar-refractivity contribution in [2.75, 3.05) is 24.7 Å². The summed E-state index contributed by atoms with van der Waals surface area (Å²) in [5.41, 5.74) is 3.13. The first kappa shape index (κ1) is 20.4. The number of thiazole rings is 1. The summed E-state index contributed by atoms with van der Waals surface area (Å²) in [6, 6.07) is 13.2. The number of carbonyl (C=O) groups is 2. The molecular weight excluding hydrogens is 424 g/mol. The normalized spacial score (nSPS) is 13.0. The minimum Gasteiger partial charge on any atom is -0.482 e. The molecule has 2 heterocycles. The van der Waals surface area contributed by atoms with Crippen LogP contribution in [0.5, 0.6) is 5.75 Å². The molecule has 1 aliphatic heterocycles. The zero-order valence-corrected chi connectivity index (χ0v) is 17.8. The number of benzene rings is 2. The van der Waals surface area contributed by atoms with Gasteiger partial charge in [0.2, 0.25) is 0 Å². The molecule has 0 fully saturated rings. The Kier molecular flexibility index (Phi) is 6.01. The maximum absolute atomic E-state index is 12.4. The summed E-state index contributed by atoms with van der Waals surface area (Å²) < 4.78 is 10.5. The molecule has 8 heteroatoms.